The Balaban J connectivity index is 2.27. The van der Waals surface area contributed by atoms with E-state index < -0.39 is 0 Å². The van der Waals surface area contributed by atoms with E-state index >= 15 is 0 Å². The zero-order chi connectivity index (χ0) is 11.4. The van der Waals surface area contributed by atoms with Crippen molar-refractivity contribution in [3.8, 4) is 0 Å². The molecule has 0 N–H and O–H groups in total. The van der Waals surface area contributed by atoms with Crippen LogP contribution in [-0.2, 0) is 4.79 Å². The van der Waals surface area contributed by atoms with Crippen molar-refractivity contribution in [3.63, 3.8) is 0 Å². The molecule has 0 aromatic heterocycles. The van der Waals surface area contributed by atoms with Gasteiger partial charge in [0.05, 0.1) is 6.04 Å². The summed E-state index contributed by atoms with van der Waals surface area (Å²) < 4.78 is 0. The lowest BCUT2D eigenvalue weighted by Crippen LogP contribution is -2.10. The third kappa shape index (κ3) is 2.55. The van der Waals surface area contributed by atoms with Crippen LogP contribution >= 0.6 is 11.8 Å². The third-order valence-corrected chi connectivity index (χ3v) is 4.18. The largest absolute Gasteiger partial charge is 0.235 e. The van der Waals surface area contributed by atoms with Gasteiger partial charge in [-0.05, 0) is 36.3 Å². The van der Waals surface area contributed by atoms with Crippen molar-refractivity contribution in [3.05, 3.63) is 35.4 Å². The summed E-state index contributed by atoms with van der Waals surface area (Å²) in [5, 5.41) is 0. The lowest BCUT2D eigenvalue weighted by molar-refractivity contribution is 0.476. The third-order valence-electron chi connectivity index (χ3n) is 2.99. The second kappa shape index (κ2) is 5.33. The summed E-state index contributed by atoms with van der Waals surface area (Å²) >= 11 is 1.95. The molecule has 84 valence electrons. The van der Waals surface area contributed by atoms with Crippen LogP contribution in [0.25, 0.3) is 0 Å². The molecule has 1 aliphatic rings. The van der Waals surface area contributed by atoms with Crippen LogP contribution in [0.5, 0.6) is 0 Å². The molecule has 0 spiro atoms. The molecule has 2 rings (SSSR count). The van der Waals surface area contributed by atoms with Gasteiger partial charge < -0.3 is 0 Å². The minimum Gasteiger partial charge on any atom is -0.211 e. The van der Waals surface area contributed by atoms with Crippen LogP contribution in [-0.4, -0.2) is 17.6 Å². The fraction of sp³-hybridized carbons (Fsp3) is 0.462. The SMILES string of the molecule is Cc1cccc(C(N=C=O)C2CCSC2)c1. The molecular formula is C13H15NOS. The Morgan fingerprint density at radius 1 is 1.56 bits per heavy atom. The molecule has 1 aromatic carbocycles. The van der Waals surface area contributed by atoms with Gasteiger partial charge in [0.25, 0.3) is 0 Å². The van der Waals surface area contributed by atoms with Crippen LogP contribution in [0.4, 0.5) is 0 Å². The van der Waals surface area contributed by atoms with Crippen molar-refractivity contribution in [2.75, 3.05) is 11.5 Å². The van der Waals surface area contributed by atoms with E-state index in [1.54, 1.807) is 6.08 Å². The Hall–Kier alpha value is -1.05. The molecule has 0 radical (unpaired) electrons. The van der Waals surface area contributed by atoms with Gasteiger partial charge in [0.2, 0.25) is 6.08 Å². The predicted octanol–water partition coefficient (Wildman–Crippen LogP) is 3.13. The van der Waals surface area contributed by atoms with Gasteiger partial charge in [-0.1, -0.05) is 29.8 Å². The molecule has 0 amide bonds. The summed E-state index contributed by atoms with van der Waals surface area (Å²) in [6, 6.07) is 8.28. The summed E-state index contributed by atoms with van der Waals surface area (Å²) in [6.07, 6.45) is 2.88. The number of isocyanates is 1. The first-order valence-corrected chi connectivity index (χ1v) is 6.68. The van der Waals surface area contributed by atoms with E-state index in [2.05, 4.69) is 30.1 Å². The summed E-state index contributed by atoms with van der Waals surface area (Å²) in [7, 11) is 0. The van der Waals surface area contributed by atoms with E-state index in [9.17, 15) is 4.79 Å². The molecule has 1 saturated heterocycles. The Bertz CT molecular complexity index is 406. The topological polar surface area (TPSA) is 29.4 Å². The molecule has 2 atom stereocenters. The van der Waals surface area contributed by atoms with Crippen molar-refractivity contribution in [1.82, 2.24) is 0 Å². The van der Waals surface area contributed by atoms with Crippen molar-refractivity contribution in [2.45, 2.75) is 19.4 Å². The van der Waals surface area contributed by atoms with Gasteiger partial charge in [0.1, 0.15) is 0 Å². The zero-order valence-electron chi connectivity index (χ0n) is 9.35. The van der Waals surface area contributed by atoms with E-state index in [0.717, 1.165) is 17.7 Å². The predicted molar refractivity (Wildman–Crippen MR) is 67.5 cm³/mol. The van der Waals surface area contributed by atoms with Gasteiger partial charge >= 0.3 is 0 Å². The molecular weight excluding hydrogens is 218 g/mol. The average Bonchev–Trinajstić information content (AvgIpc) is 2.79. The number of hydrogen-bond acceptors (Lipinski definition) is 3. The van der Waals surface area contributed by atoms with Crippen LogP contribution in [0.2, 0.25) is 0 Å². The molecule has 1 fully saturated rings. The van der Waals surface area contributed by atoms with Crippen LogP contribution in [0.1, 0.15) is 23.6 Å². The summed E-state index contributed by atoms with van der Waals surface area (Å²) in [6.45, 7) is 2.06. The van der Waals surface area contributed by atoms with E-state index in [4.69, 9.17) is 0 Å². The van der Waals surface area contributed by atoms with Crippen molar-refractivity contribution < 1.29 is 4.79 Å². The van der Waals surface area contributed by atoms with Gasteiger partial charge in [-0.15, -0.1) is 0 Å². The Morgan fingerprint density at radius 2 is 2.44 bits per heavy atom. The smallest absolute Gasteiger partial charge is 0.211 e. The van der Waals surface area contributed by atoms with Crippen LogP contribution in [0, 0.1) is 12.8 Å². The second-order valence-corrected chi connectivity index (χ2v) is 5.35. The highest BCUT2D eigenvalue weighted by molar-refractivity contribution is 7.99. The molecule has 16 heavy (non-hydrogen) atoms. The van der Waals surface area contributed by atoms with Gasteiger partial charge in [-0.2, -0.15) is 16.8 Å². The van der Waals surface area contributed by atoms with Gasteiger partial charge in [0.15, 0.2) is 0 Å². The minimum absolute atomic E-state index is 0.00685. The molecule has 1 aliphatic heterocycles. The first-order chi connectivity index (χ1) is 7.81. The molecule has 2 unspecified atom stereocenters. The Labute approximate surface area is 100 Å². The fourth-order valence-corrected chi connectivity index (χ4v) is 3.45. The Kier molecular flexibility index (Phi) is 3.81. The van der Waals surface area contributed by atoms with E-state index in [1.165, 1.54) is 11.3 Å². The van der Waals surface area contributed by atoms with Crippen molar-refractivity contribution >= 4 is 17.8 Å². The molecule has 1 heterocycles. The lowest BCUT2D eigenvalue weighted by atomic mass is 9.92. The molecule has 3 heteroatoms. The monoisotopic (exact) mass is 233 g/mol. The van der Waals surface area contributed by atoms with Crippen LogP contribution in [0.3, 0.4) is 0 Å². The number of aliphatic imine (C=N–C) groups is 1. The molecule has 1 aromatic rings. The van der Waals surface area contributed by atoms with E-state index in [0.29, 0.717) is 5.92 Å². The number of carbonyl (C=O) groups excluding carboxylic acids is 1. The van der Waals surface area contributed by atoms with Gasteiger partial charge in [0, 0.05) is 0 Å². The van der Waals surface area contributed by atoms with Gasteiger partial charge in [-0.25, -0.2) is 4.79 Å². The highest BCUT2D eigenvalue weighted by Gasteiger charge is 2.26. The van der Waals surface area contributed by atoms with Crippen LogP contribution in [0.15, 0.2) is 29.3 Å². The summed E-state index contributed by atoms with van der Waals surface area (Å²) in [5.41, 5.74) is 2.37. The number of benzene rings is 1. The van der Waals surface area contributed by atoms with Gasteiger partial charge in [-0.3, -0.25) is 0 Å². The average molecular weight is 233 g/mol. The zero-order valence-corrected chi connectivity index (χ0v) is 10.2. The number of thioether (sulfide) groups is 1. The first kappa shape index (κ1) is 11.4. The number of hydrogen-bond donors (Lipinski definition) is 0. The second-order valence-electron chi connectivity index (χ2n) is 4.20. The highest BCUT2D eigenvalue weighted by atomic mass is 32.2. The van der Waals surface area contributed by atoms with E-state index in [-0.39, 0.29) is 6.04 Å². The molecule has 0 bridgehead atoms. The first-order valence-electron chi connectivity index (χ1n) is 5.52. The van der Waals surface area contributed by atoms with Crippen molar-refractivity contribution in [1.29, 1.82) is 0 Å². The van der Waals surface area contributed by atoms with Crippen molar-refractivity contribution in [2.24, 2.45) is 10.9 Å². The lowest BCUT2D eigenvalue weighted by Gasteiger charge is -2.17. The fourth-order valence-electron chi connectivity index (χ4n) is 2.16. The number of rotatable bonds is 3. The normalized spacial score (nSPS) is 21.4. The maximum absolute atomic E-state index is 10.5. The standard InChI is InChI=1S/C13H15NOS/c1-10-3-2-4-11(7-10)13(14-9-15)12-5-6-16-8-12/h2-4,7,12-13H,5-6,8H2,1H3. The molecule has 0 saturated carbocycles. The minimum atomic E-state index is 0.00685. The highest BCUT2D eigenvalue weighted by Crippen LogP contribution is 2.36. The Morgan fingerprint density at radius 3 is 3.06 bits per heavy atom. The summed E-state index contributed by atoms with van der Waals surface area (Å²) in [4.78, 5) is 14.5. The number of nitrogens with zero attached hydrogens (tertiary/aromatic N) is 1. The molecule has 2 nitrogen and oxygen atoms in total. The van der Waals surface area contributed by atoms with E-state index in [1.807, 2.05) is 17.8 Å². The quantitative estimate of drug-likeness (QED) is 0.593. The molecule has 0 aliphatic carbocycles. The maximum atomic E-state index is 10.5. The number of aryl methyl sites for hydroxylation is 1. The summed E-state index contributed by atoms with van der Waals surface area (Å²) in [5.74, 6) is 2.78. The maximum Gasteiger partial charge on any atom is 0.235 e. The van der Waals surface area contributed by atoms with Crippen LogP contribution < -0.4 is 0 Å².